The minimum atomic E-state index is -0.309. The van der Waals surface area contributed by atoms with E-state index in [9.17, 15) is 14.4 Å². The van der Waals surface area contributed by atoms with Gasteiger partial charge in [0.1, 0.15) is 5.56 Å². The average Bonchev–Trinajstić information content (AvgIpc) is 2.69. The topological polar surface area (TPSA) is 74.6 Å². The number of aromatic nitrogens is 1. The van der Waals surface area contributed by atoms with Crippen LogP contribution in [0.25, 0.3) is 0 Å². The Bertz CT molecular complexity index is 820. The molecule has 4 atom stereocenters. The van der Waals surface area contributed by atoms with Crippen LogP contribution in [0.15, 0.2) is 23.1 Å². The molecule has 0 aliphatic carbocycles. The number of aryl methyl sites for hydroxylation is 1. The molecule has 3 fully saturated rings. The van der Waals surface area contributed by atoms with Gasteiger partial charge in [0, 0.05) is 51.9 Å². The molecule has 0 radical (unpaired) electrons. The Morgan fingerprint density at radius 2 is 2.00 bits per heavy atom. The van der Waals surface area contributed by atoms with Crippen molar-refractivity contribution in [3.63, 3.8) is 0 Å². The molecule has 3 aliphatic heterocycles. The highest BCUT2D eigenvalue weighted by Crippen LogP contribution is 2.40. The van der Waals surface area contributed by atoms with E-state index in [2.05, 4.69) is 10.2 Å². The first-order valence-electron chi connectivity index (χ1n) is 10.4. The summed E-state index contributed by atoms with van der Waals surface area (Å²) in [7, 11) is 1.65. The Labute approximate surface area is 165 Å². The van der Waals surface area contributed by atoms with Crippen LogP contribution in [0.5, 0.6) is 0 Å². The molecule has 1 N–H and O–H groups in total. The van der Waals surface area contributed by atoms with Gasteiger partial charge in [-0.1, -0.05) is 6.42 Å². The maximum atomic E-state index is 12.7. The summed E-state index contributed by atoms with van der Waals surface area (Å²) in [5.74, 6) is 0.748. The molecule has 0 saturated carbocycles. The predicted octanol–water partition coefficient (Wildman–Crippen LogP) is 0.836. The van der Waals surface area contributed by atoms with Gasteiger partial charge < -0.3 is 14.8 Å². The normalized spacial score (nSPS) is 29.9. The number of nitrogens with zero attached hydrogens (tertiary/aromatic N) is 3. The van der Waals surface area contributed by atoms with Crippen molar-refractivity contribution in [3.05, 3.63) is 34.2 Å². The van der Waals surface area contributed by atoms with Gasteiger partial charge in [0.2, 0.25) is 5.91 Å². The van der Waals surface area contributed by atoms with Gasteiger partial charge in [-0.15, -0.1) is 0 Å². The van der Waals surface area contributed by atoms with Gasteiger partial charge >= 0.3 is 0 Å². The highest BCUT2D eigenvalue weighted by atomic mass is 16.2. The predicted molar refractivity (Wildman–Crippen MR) is 106 cm³/mol. The lowest BCUT2D eigenvalue weighted by atomic mass is 9.72. The summed E-state index contributed by atoms with van der Waals surface area (Å²) < 4.78 is 1.42. The second-order valence-electron chi connectivity index (χ2n) is 8.60. The smallest absolute Gasteiger partial charge is 0.263 e. The molecule has 1 aromatic rings. The standard InChI is InChI=1S/C21H30N4O3/c1-14(26)24-12-15-10-16(13-24)19(25-9-4-3-7-18(15)25)11-22-20(27)17-6-5-8-23(2)21(17)28/h5-6,8,15-16,18-19H,3-4,7,9-13H2,1-2H3,(H,22,27)/t15-,16+,18+,19+/m1/s1. The van der Waals surface area contributed by atoms with Crippen LogP contribution in [-0.2, 0) is 11.8 Å². The Kier molecular flexibility index (Phi) is 5.27. The molecule has 28 heavy (non-hydrogen) atoms. The third-order valence-corrected chi connectivity index (χ3v) is 6.91. The highest BCUT2D eigenvalue weighted by Gasteiger charge is 2.47. The van der Waals surface area contributed by atoms with Crippen LogP contribution in [0, 0.1) is 11.8 Å². The fraction of sp³-hybridized carbons (Fsp3) is 0.667. The minimum absolute atomic E-state index is 0.148. The van der Waals surface area contributed by atoms with Crippen molar-refractivity contribution in [2.45, 2.75) is 44.7 Å². The number of rotatable bonds is 3. The Balaban J connectivity index is 1.51. The van der Waals surface area contributed by atoms with Gasteiger partial charge in [-0.25, -0.2) is 0 Å². The molecule has 0 spiro atoms. The van der Waals surface area contributed by atoms with Crippen LogP contribution in [0.3, 0.4) is 0 Å². The van der Waals surface area contributed by atoms with Gasteiger partial charge in [0.15, 0.2) is 0 Å². The third kappa shape index (κ3) is 3.48. The lowest BCUT2D eigenvalue weighted by Crippen LogP contribution is -2.66. The summed E-state index contributed by atoms with van der Waals surface area (Å²) >= 11 is 0. The monoisotopic (exact) mass is 386 g/mol. The van der Waals surface area contributed by atoms with E-state index in [1.807, 2.05) is 4.90 Å². The zero-order valence-electron chi connectivity index (χ0n) is 16.8. The van der Waals surface area contributed by atoms with E-state index in [-0.39, 0.29) is 29.0 Å². The van der Waals surface area contributed by atoms with E-state index in [0.29, 0.717) is 24.4 Å². The fourth-order valence-electron chi connectivity index (χ4n) is 5.51. The lowest BCUT2D eigenvalue weighted by molar-refractivity contribution is -0.138. The molecule has 2 bridgehead atoms. The molecule has 0 aromatic carbocycles. The van der Waals surface area contributed by atoms with E-state index >= 15 is 0 Å². The van der Waals surface area contributed by atoms with Gasteiger partial charge in [-0.05, 0) is 49.8 Å². The maximum absolute atomic E-state index is 12.7. The van der Waals surface area contributed by atoms with Crippen molar-refractivity contribution in [3.8, 4) is 0 Å². The zero-order valence-corrected chi connectivity index (χ0v) is 16.8. The number of carbonyl (C=O) groups excluding carboxylic acids is 2. The number of carbonyl (C=O) groups is 2. The number of fused-ring (bicyclic) bond motifs is 4. The molecular weight excluding hydrogens is 356 g/mol. The highest BCUT2D eigenvalue weighted by molar-refractivity contribution is 5.93. The summed E-state index contributed by atoms with van der Waals surface area (Å²) in [6, 6.07) is 4.02. The van der Waals surface area contributed by atoms with E-state index in [1.165, 1.54) is 23.8 Å². The minimum Gasteiger partial charge on any atom is -0.350 e. The number of hydrogen-bond acceptors (Lipinski definition) is 4. The number of hydrogen-bond donors (Lipinski definition) is 1. The van der Waals surface area contributed by atoms with Crippen LogP contribution in [0.1, 0.15) is 43.0 Å². The summed E-state index contributed by atoms with van der Waals surface area (Å²) in [4.78, 5) is 41.5. The van der Waals surface area contributed by atoms with Crippen molar-refractivity contribution in [1.29, 1.82) is 0 Å². The molecule has 0 unspecified atom stereocenters. The molecule has 4 rings (SSSR count). The van der Waals surface area contributed by atoms with Gasteiger partial charge in [0.05, 0.1) is 0 Å². The lowest BCUT2D eigenvalue weighted by Gasteiger charge is -2.56. The summed E-state index contributed by atoms with van der Waals surface area (Å²) in [6.07, 6.45) is 6.38. The Hall–Kier alpha value is -2.15. The molecular formula is C21H30N4O3. The van der Waals surface area contributed by atoms with Gasteiger partial charge in [0.25, 0.3) is 11.5 Å². The molecule has 3 aliphatic rings. The molecule has 4 heterocycles. The summed E-state index contributed by atoms with van der Waals surface area (Å²) in [5, 5.41) is 3.02. The zero-order chi connectivity index (χ0) is 19.8. The van der Waals surface area contributed by atoms with Crippen molar-refractivity contribution in [2.24, 2.45) is 18.9 Å². The van der Waals surface area contributed by atoms with Crippen LogP contribution in [0.4, 0.5) is 0 Å². The van der Waals surface area contributed by atoms with E-state index in [4.69, 9.17) is 0 Å². The molecule has 152 valence electrons. The SMILES string of the molecule is CC(=O)N1C[C@H]2C[C@@H](C1)[C@H](CNC(=O)c1cccn(C)c1=O)N1CCCC[C@@H]21. The number of pyridine rings is 1. The van der Waals surface area contributed by atoms with Crippen molar-refractivity contribution < 1.29 is 9.59 Å². The molecule has 7 nitrogen and oxygen atoms in total. The van der Waals surface area contributed by atoms with Crippen LogP contribution in [-0.4, -0.2) is 64.4 Å². The van der Waals surface area contributed by atoms with Gasteiger partial charge in [-0.2, -0.15) is 0 Å². The second-order valence-corrected chi connectivity index (χ2v) is 8.60. The molecule has 1 aromatic heterocycles. The largest absolute Gasteiger partial charge is 0.350 e. The van der Waals surface area contributed by atoms with Crippen LogP contribution < -0.4 is 10.9 Å². The van der Waals surface area contributed by atoms with E-state index < -0.39 is 0 Å². The van der Waals surface area contributed by atoms with Crippen LogP contribution >= 0.6 is 0 Å². The Morgan fingerprint density at radius 1 is 1.21 bits per heavy atom. The van der Waals surface area contributed by atoms with Crippen molar-refractivity contribution in [2.75, 3.05) is 26.2 Å². The first-order chi connectivity index (χ1) is 13.5. The van der Waals surface area contributed by atoms with Gasteiger partial charge in [-0.3, -0.25) is 19.3 Å². The number of likely N-dealkylation sites (tertiary alicyclic amines) is 1. The third-order valence-electron chi connectivity index (χ3n) is 6.91. The second kappa shape index (κ2) is 7.70. The first-order valence-corrected chi connectivity index (χ1v) is 10.4. The number of piperidine rings is 3. The average molecular weight is 386 g/mol. The van der Waals surface area contributed by atoms with Crippen LogP contribution in [0.2, 0.25) is 0 Å². The number of nitrogens with one attached hydrogen (secondary N) is 1. The maximum Gasteiger partial charge on any atom is 0.263 e. The molecule has 7 heteroatoms. The first kappa shape index (κ1) is 19.2. The van der Waals surface area contributed by atoms with E-state index in [1.54, 1.807) is 32.3 Å². The summed E-state index contributed by atoms with van der Waals surface area (Å²) in [6.45, 7) is 4.87. The molecule has 3 saturated heterocycles. The van der Waals surface area contributed by atoms with E-state index in [0.717, 1.165) is 26.1 Å². The quantitative estimate of drug-likeness (QED) is 0.835. The number of amides is 2. The summed E-state index contributed by atoms with van der Waals surface area (Å²) in [5.41, 5.74) is -0.0946. The Morgan fingerprint density at radius 3 is 2.79 bits per heavy atom. The fourth-order valence-corrected chi connectivity index (χ4v) is 5.51. The molecule has 2 amide bonds. The van der Waals surface area contributed by atoms with Crippen molar-refractivity contribution in [1.82, 2.24) is 19.7 Å². The van der Waals surface area contributed by atoms with Crippen molar-refractivity contribution >= 4 is 11.8 Å².